The molecule has 9 nitrogen and oxygen atoms in total. The van der Waals surface area contributed by atoms with Crippen molar-refractivity contribution in [2.45, 2.75) is 9.79 Å². The van der Waals surface area contributed by atoms with Crippen LogP contribution in [-0.2, 0) is 20.2 Å². The molecule has 2 aromatic carbocycles. The van der Waals surface area contributed by atoms with E-state index in [0.717, 1.165) is 30.3 Å². The molecule has 4 N–H and O–H groups in total. The van der Waals surface area contributed by atoms with E-state index in [-0.39, 0.29) is 16.1 Å². The quantitative estimate of drug-likeness (QED) is 0.447. The Bertz CT molecular complexity index is 968. The van der Waals surface area contributed by atoms with Gasteiger partial charge >= 0.3 is 0 Å². The summed E-state index contributed by atoms with van der Waals surface area (Å²) in [6.07, 6.45) is 0. The van der Waals surface area contributed by atoms with E-state index >= 15 is 0 Å². The summed E-state index contributed by atoms with van der Waals surface area (Å²) in [5.74, 6) is -0.693. The minimum atomic E-state index is -4.48. The molecule has 1 amide bonds. The van der Waals surface area contributed by atoms with Gasteiger partial charge in [0, 0.05) is 5.56 Å². The largest absolute Gasteiger partial charge is 0.297 e. The van der Waals surface area contributed by atoms with Crippen LogP contribution in [0.3, 0.4) is 0 Å². The Morgan fingerprint density at radius 1 is 0.833 bits per heavy atom. The molecule has 0 saturated heterocycles. The minimum absolute atomic E-state index is 0.0529. The number of nitrogens with one attached hydrogen (secondary N) is 2. The summed E-state index contributed by atoms with van der Waals surface area (Å²) in [5, 5.41) is 0. The van der Waals surface area contributed by atoms with Gasteiger partial charge in [0.15, 0.2) is 0 Å². The minimum Gasteiger partial charge on any atom is -0.297 e. The molecule has 0 aliphatic rings. The number of anilines is 1. The second kappa shape index (κ2) is 6.57. The van der Waals surface area contributed by atoms with Crippen molar-refractivity contribution >= 4 is 31.8 Å². The Balaban J connectivity index is 2.15. The van der Waals surface area contributed by atoms with Gasteiger partial charge in [-0.05, 0) is 36.4 Å². The van der Waals surface area contributed by atoms with Crippen LogP contribution in [0.4, 0.5) is 5.69 Å². The third-order valence-corrected chi connectivity index (χ3v) is 4.67. The first kappa shape index (κ1) is 17.9. The summed E-state index contributed by atoms with van der Waals surface area (Å²) in [4.78, 5) is 11.1. The smallest absolute Gasteiger partial charge is 0.296 e. The van der Waals surface area contributed by atoms with E-state index in [1.807, 2.05) is 0 Å². The summed E-state index contributed by atoms with van der Waals surface area (Å²) in [5.41, 5.74) is 4.57. The van der Waals surface area contributed by atoms with Crippen LogP contribution in [0.15, 0.2) is 58.3 Å². The van der Waals surface area contributed by atoms with Gasteiger partial charge in [0.25, 0.3) is 26.1 Å². The Kier molecular flexibility index (Phi) is 4.89. The Morgan fingerprint density at radius 3 is 1.96 bits per heavy atom. The molecule has 0 unspecified atom stereocenters. The topological polar surface area (TPSA) is 150 Å². The predicted octanol–water partition coefficient (Wildman–Crippen LogP) is 0.937. The number of carbonyl (C=O) groups is 1. The molecule has 0 bridgehead atoms. The van der Waals surface area contributed by atoms with E-state index in [2.05, 4.69) is 10.9 Å². The van der Waals surface area contributed by atoms with Crippen LogP contribution >= 0.6 is 0 Å². The summed E-state index contributed by atoms with van der Waals surface area (Å²) in [7, 11) is -8.84. The molecule has 2 rings (SSSR count). The van der Waals surface area contributed by atoms with Crippen LogP contribution in [0.1, 0.15) is 10.4 Å². The summed E-state index contributed by atoms with van der Waals surface area (Å²) >= 11 is 0. The molecule has 0 spiro atoms. The Labute approximate surface area is 137 Å². The predicted molar refractivity (Wildman–Crippen MR) is 83.6 cm³/mol. The zero-order valence-corrected chi connectivity index (χ0v) is 13.5. The van der Waals surface area contributed by atoms with Crippen LogP contribution in [0.5, 0.6) is 0 Å². The van der Waals surface area contributed by atoms with Gasteiger partial charge in [-0.3, -0.25) is 24.8 Å². The van der Waals surface area contributed by atoms with Gasteiger partial charge in [-0.15, -0.1) is 0 Å². The average molecular weight is 372 g/mol. The van der Waals surface area contributed by atoms with Crippen molar-refractivity contribution in [2.75, 3.05) is 5.43 Å². The SMILES string of the molecule is O=C(NNc1ccccc1S(=O)(=O)O)c1ccc(S(=O)(=O)O)cc1. The third kappa shape index (κ3) is 4.29. The standard InChI is InChI=1S/C13H12N2O7S2/c16-13(9-5-7-10(8-6-9)23(17,18)19)15-14-11-3-1-2-4-12(11)24(20,21)22/h1-8,14H,(H,15,16)(H,17,18,19)(H,20,21,22). The van der Waals surface area contributed by atoms with E-state index in [1.54, 1.807) is 0 Å². The van der Waals surface area contributed by atoms with Crippen LogP contribution < -0.4 is 10.9 Å². The number of hydrogen-bond donors (Lipinski definition) is 4. The fourth-order valence-electron chi connectivity index (χ4n) is 1.77. The molecule has 0 aromatic heterocycles. The van der Waals surface area contributed by atoms with E-state index in [4.69, 9.17) is 9.11 Å². The van der Waals surface area contributed by atoms with Gasteiger partial charge < -0.3 is 0 Å². The number of carbonyl (C=O) groups excluding carboxylic acids is 1. The molecule has 11 heteroatoms. The monoisotopic (exact) mass is 372 g/mol. The molecule has 0 fully saturated rings. The summed E-state index contributed by atoms with van der Waals surface area (Å²) in [6.45, 7) is 0. The van der Waals surface area contributed by atoms with Crippen molar-refractivity contribution in [3.8, 4) is 0 Å². The third-order valence-electron chi connectivity index (χ3n) is 2.89. The molecular weight excluding hydrogens is 360 g/mol. The van der Waals surface area contributed by atoms with Gasteiger partial charge in [0.2, 0.25) is 0 Å². The number of rotatable bonds is 5. The van der Waals surface area contributed by atoms with E-state index < -0.39 is 31.0 Å². The molecule has 0 radical (unpaired) electrons. The molecule has 128 valence electrons. The van der Waals surface area contributed by atoms with Crippen molar-refractivity contribution in [1.82, 2.24) is 5.43 Å². The molecule has 0 aliphatic heterocycles. The molecule has 0 saturated carbocycles. The lowest BCUT2D eigenvalue weighted by molar-refractivity contribution is 0.0962. The highest BCUT2D eigenvalue weighted by molar-refractivity contribution is 7.86. The highest BCUT2D eigenvalue weighted by Gasteiger charge is 2.16. The van der Waals surface area contributed by atoms with Crippen molar-refractivity contribution in [3.63, 3.8) is 0 Å². The van der Waals surface area contributed by atoms with Crippen molar-refractivity contribution in [3.05, 3.63) is 54.1 Å². The number of hydrazine groups is 1. The second-order valence-electron chi connectivity index (χ2n) is 4.55. The molecule has 0 aliphatic carbocycles. The number of hydrogen-bond acceptors (Lipinski definition) is 6. The number of benzene rings is 2. The Morgan fingerprint density at radius 2 is 1.42 bits per heavy atom. The number of para-hydroxylation sites is 1. The van der Waals surface area contributed by atoms with Crippen molar-refractivity contribution in [1.29, 1.82) is 0 Å². The van der Waals surface area contributed by atoms with Crippen LogP contribution in [0.25, 0.3) is 0 Å². The zero-order chi connectivity index (χ0) is 18.0. The first-order valence-corrected chi connectivity index (χ1v) is 9.17. The molecule has 0 atom stereocenters. The lowest BCUT2D eigenvalue weighted by atomic mass is 10.2. The van der Waals surface area contributed by atoms with Crippen LogP contribution in [0.2, 0.25) is 0 Å². The normalized spacial score (nSPS) is 11.8. The molecule has 2 aromatic rings. The van der Waals surface area contributed by atoms with E-state index in [0.29, 0.717) is 0 Å². The summed E-state index contributed by atoms with van der Waals surface area (Å²) < 4.78 is 62.2. The molecule has 0 heterocycles. The molecule has 24 heavy (non-hydrogen) atoms. The highest BCUT2D eigenvalue weighted by atomic mass is 32.2. The Hall–Kier alpha value is -2.47. The fourth-order valence-corrected chi connectivity index (χ4v) is 2.90. The van der Waals surface area contributed by atoms with Gasteiger partial charge in [-0.25, -0.2) is 0 Å². The maximum absolute atomic E-state index is 11.9. The maximum Gasteiger partial charge on any atom is 0.296 e. The highest BCUT2D eigenvalue weighted by Crippen LogP contribution is 2.19. The zero-order valence-electron chi connectivity index (χ0n) is 11.9. The van der Waals surface area contributed by atoms with Crippen molar-refractivity contribution < 1.29 is 30.7 Å². The lowest BCUT2D eigenvalue weighted by Gasteiger charge is -2.11. The first-order valence-electron chi connectivity index (χ1n) is 6.29. The maximum atomic E-state index is 11.9. The van der Waals surface area contributed by atoms with E-state index in [1.165, 1.54) is 18.2 Å². The van der Waals surface area contributed by atoms with Gasteiger partial charge in [-0.1, -0.05) is 12.1 Å². The lowest BCUT2D eigenvalue weighted by Crippen LogP contribution is -2.30. The van der Waals surface area contributed by atoms with Crippen LogP contribution in [0, 0.1) is 0 Å². The molecular formula is C13H12N2O7S2. The second-order valence-corrected chi connectivity index (χ2v) is 7.36. The number of amides is 1. The van der Waals surface area contributed by atoms with E-state index in [9.17, 15) is 21.6 Å². The van der Waals surface area contributed by atoms with Gasteiger partial charge in [0.05, 0.1) is 10.6 Å². The first-order chi connectivity index (χ1) is 11.1. The average Bonchev–Trinajstić information content (AvgIpc) is 2.51. The fraction of sp³-hybridized carbons (Fsp3) is 0. The van der Waals surface area contributed by atoms with Gasteiger partial charge in [-0.2, -0.15) is 16.8 Å². The summed E-state index contributed by atoms with van der Waals surface area (Å²) in [6, 6.07) is 9.75. The van der Waals surface area contributed by atoms with Crippen LogP contribution in [-0.4, -0.2) is 31.8 Å². The van der Waals surface area contributed by atoms with Crippen molar-refractivity contribution in [2.24, 2.45) is 0 Å². The van der Waals surface area contributed by atoms with Gasteiger partial charge in [0.1, 0.15) is 4.90 Å².